The van der Waals surface area contributed by atoms with Gasteiger partial charge in [0.2, 0.25) is 0 Å². The zero-order valence-corrected chi connectivity index (χ0v) is 13.9. The molecule has 0 spiro atoms. The maximum atomic E-state index is 13.2. The van der Waals surface area contributed by atoms with Crippen LogP contribution in [0.4, 0.5) is 11.4 Å². The van der Waals surface area contributed by atoms with Gasteiger partial charge in [0.25, 0.3) is 5.91 Å². The number of para-hydroxylation sites is 2. The Balaban J connectivity index is 1.89. The Morgan fingerprint density at radius 3 is 2.88 bits per heavy atom. The van der Waals surface area contributed by atoms with Crippen LogP contribution in [0, 0.1) is 0 Å². The highest BCUT2D eigenvalue weighted by Gasteiger charge is 2.51. The number of amides is 1. The van der Waals surface area contributed by atoms with Crippen LogP contribution in [-0.2, 0) is 16.8 Å². The molecule has 2 heterocycles. The molecule has 2 aliphatic rings. The molecule has 0 bridgehead atoms. The van der Waals surface area contributed by atoms with E-state index in [0.717, 1.165) is 36.3 Å². The Morgan fingerprint density at radius 2 is 2.00 bits per heavy atom. The zero-order valence-electron chi connectivity index (χ0n) is 13.9. The average Bonchev–Trinajstić information content (AvgIpc) is 2.94. The minimum absolute atomic E-state index is 0.0430. The first-order valence-corrected chi connectivity index (χ1v) is 8.55. The summed E-state index contributed by atoms with van der Waals surface area (Å²) in [5.41, 5.74) is 12.0. The fourth-order valence-corrected chi connectivity index (χ4v) is 4.14. The highest BCUT2D eigenvalue weighted by molar-refractivity contribution is 6.08. The molecule has 2 aromatic carbocycles. The molecule has 126 valence electrons. The van der Waals surface area contributed by atoms with E-state index in [-0.39, 0.29) is 12.5 Å². The molecule has 1 N–H and O–H groups in total. The van der Waals surface area contributed by atoms with Gasteiger partial charge >= 0.3 is 0 Å². The predicted molar refractivity (Wildman–Crippen MR) is 97.5 cm³/mol. The normalized spacial score (nSPS) is 21.1. The lowest BCUT2D eigenvalue weighted by molar-refractivity contribution is -0.121. The Bertz CT molecular complexity index is 874. The van der Waals surface area contributed by atoms with Gasteiger partial charge in [-0.1, -0.05) is 41.5 Å². The number of azide groups is 1. The molecule has 1 amide bonds. The fourth-order valence-electron chi connectivity index (χ4n) is 4.14. The van der Waals surface area contributed by atoms with Crippen molar-refractivity contribution < 1.29 is 4.79 Å². The molecule has 25 heavy (non-hydrogen) atoms. The minimum Gasteiger partial charge on any atom is -0.353 e. The summed E-state index contributed by atoms with van der Waals surface area (Å²) in [6.07, 6.45) is 2.46. The van der Waals surface area contributed by atoms with Gasteiger partial charge < -0.3 is 10.2 Å². The van der Waals surface area contributed by atoms with E-state index in [2.05, 4.69) is 32.4 Å². The molecule has 0 saturated carbocycles. The summed E-state index contributed by atoms with van der Waals surface area (Å²) in [6.45, 7) is 1.08. The van der Waals surface area contributed by atoms with Crippen LogP contribution >= 0.6 is 0 Å². The number of hydrogen-bond acceptors (Lipinski definition) is 3. The second-order valence-corrected chi connectivity index (χ2v) is 6.45. The predicted octanol–water partition coefficient (Wildman–Crippen LogP) is 3.99. The molecule has 2 aliphatic heterocycles. The second-order valence-electron chi connectivity index (χ2n) is 6.45. The van der Waals surface area contributed by atoms with Gasteiger partial charge in [-0.15, -0.1) is 0 Å². The van der Waals surface area contributed by atoms with Crippen LogP contribution in [0.25, 0.3) is 10.4 Å². The molecule has 0 aliphatic carbocycles. The lowest BCUT2D eigenvalue weighted by Crippen LogP contribution is -2.53. The Morgan fingerprint density at radius 1 is 1.20 bits per heavy atom. The number of nitrogens with zero attached hydrogens (tertiary/aromatic N) is 4. The Labute approximate surface area is 146 Å². The van der Waals surface area contributed by atoms with Crippen LogP contribution < -0.4 is 10.2 Å². The summed E-state index contributed by atoms with van der Waals surface area (Å²) >= 11 is 0. The van der Waals surface area contributed by atoms with Gasteiger partial charge in [0.15, 0.2) is 0 Å². The largest absolute Gasteiger partial charge is 0.353 e. The van der Waals surface area contributed by atoms with E-state index >= 15 is 0 Å². The van der Waals surface area contributed by atoms with E-state index in [0.29, 0.717) is 6.42 Å². The van der Waals surface area contributed by atoms with Gasteiger partial charge in [-0.05, 0) is 42.5 Å². The fraction of sp³-hybridized carbons (Fsp3) is 0.316. The number of nitrogens with one attached hydrogen (secondary N) is 1. The van der Waals surface area contributed by atoms with Gasteiger partial charge in [-0.2, -0.15) is 0 Å². The lowest BCUT2D eigenvalue weighted by atomic mass is 9.83. The van der Waals surface area contributed by atoms with Crippen molar-refractivity contribution in [1.82, 2.24) is 0 Å². The van der Waals surface area contributed by atoms with Crippen molar-refractivity contribution in [2.75, 3.05) is 23.3 Å². The van der Waals surface area contributed by atoms with Crippen molar-refractivity contribution >= 4 is 17.3 Å². The number of hydrogen-bond donors (Lipinski definition) is 1. The van der Waals surface area contributed by atoms with E-state index in [4.69, 9.17) is 5.53 Å². The standard InChI is InChI=1S/C19H19N5O/c20-23-21-12-11-19(15-8-2-3-9-16(15)22-18(19)25)24-13-5-7-14-6-1-4-10-17(14)24/h1-4,6,8-10H,5,7,11-13H2,(H,22,25)/t19-/m0/s1. The molecule has 0 aromatic heterocycles. The zero-order chi connectivity index (χ0) is 17.3. The molecule has 1 atom stereocenters. The minimum atomic E-state index is -0.832. The van der Waals surface area contributed by atoms with Gasteiger partial charge in [0, 0.05) is 34.9 Å². The summed E-state index contributed by atoms with van der Waals surface area (Å²) in [6, 6.07) is 16.1. The molecule has 2 aromatic rings. The van der Waals surface area contributed by atoms with Crippen molar-refractivity contribution in [3.63, 3.8) is 0 Å². The SMILES string of the molecule is [N-]=[N+]=NCC[C@@]1(N2CCCc3ccccc32)C(=O)Nc2ccccc21. The van der Waals surface area contributed by atoms with E-state index in [1.165, 1.54) is 5.56 Å². The number of fused-ring (bicyclic) bond motifs is 2. The third-order valence-electron chi connectivity index (χ3n) is 5.20. The molecule has 6 nitrogen and oxygen atoms in total. The van der Waals surface area contributed by atoms with Gasteiger partial charge in [0.1, 0.15) is 5.54 Å². The summed E-state index contributed by atoms with van der Waals surface area (Å²) < 4.78 is 0. The molecule has 0 radical (unpaired) electrons. The summed E-state index contributed by atoms with van der Waals surface area (Å²) in [4.78, 5) is 18.3. The molecule has 0 saturated heterocycles. The third kappa shape index (κ3) is 2.34. The quantitative estimate of drug-likeness (QED) is 0.521. The third-order valence-corrected chi connectivity index (χ3v) is 5.20. The van der Waals surface area contributed by atoms with Crippen molar-refractivity contribution in [2.45, 2.75) is 24.8 Å². The number of benzene rings is 2. The molecular formula is C19H19N5O. The van der Waals surface area contributed by atoms with Crippen molar-refractivity contribution in [2.24, 2.45) is 5.11 Å². The first-order valence-electron chi connectivity index (χ1n) is 8.55. The Hall–Kier alpha value is -2.98. The first kappa shape index (κ1) is 15.5. The van der Waals surface area contributed by atoms with E-state index in [9.17, 15) is 4.79 Å². The topological polar surface area (TPSA) is 81.1 Å². The van der Waals surface area contributed by atoms with Gasteiger partial charge in [0.05, 0.1) is 0 Å². The number of carbonyl (C=O) groups is 1. The highest BCUT2D eigenvalue weighted by Crippen LogP contribution is 2.47. The van der Waals surface area contributed by atoms with E-state index in [1.54, 1.807) is 0 Å². The summed E-state index contributed by atoms with van der Waals surface area (Å²) in [5.74, 6) is -0.0430. The monoisotopic (exact) mass is 333 g/mol. The summed E-state index contributed by atoms with van der Waals surface area (Å²) in [5, 5.41) is 6.74. The van der Waals surface area contributed by atoms with Gasteiger partial charge in [-0.3, -0.25) is 4.79 Å². The van der Waals surface area contributed by atoms with Crippen LogP contribution in [0.15, 0.2) is 53.6 Å². The van der Waals surface area contributed by atoms with Crippen LogP contribution in [0.3, 0.4) is 0 Å². The molecule has 4 rings (SSSR count). The number of anilines is 2. The smallest absolute Gasteiger partial charge is 0.255 e. The van der Waals surface area contributed by atoms with Crippen molar-refractivity contribution in [3.8, 4) is 0 Å². The summed E-state index contributed by atoms with van der Waals surface area (Å²) in [7, 11) is 0. The van der Waals surface area contributed by atoms with Crippen LogP contribution in [0.5, 0.6) is 0 Å². The molecule has 0 unspecified atom stereocenters. The molecule has 0 fully saturated rings. The highest BCUT2D eigenvalue weighted by atomic mass is 16.2. The lowest BCUT2D eigenvalue weighted by Gasteiger charge is -2.44. The molecular weight excluding hydrogens is 314 g/mol. The maximum Gasteiger partial charge on any atom is 0.255 e. The van der Waals surface area contributed by atoms with Crippen LogP contribution in [0.1, 0.15) is 24.0 Å². The van der Waals surface area contributed by atoms with Crippen molar-refractivity contribution in [3.05, 3.63) is 70.1 Å². The van der Waals surface area contributed by atoms with Crippen LogP contribution in [0.2, 0.25) is 0 Å². The molecule has 6 heteroatoms. The number of aryl methyl sites for hydroxylation is 1. The van der Waals surface area contributed by atoms with E-state index < -0.39 is 5.54 Å². The number of carbonyl (C=O) groups excluding carboxylic acids is 1. The van der Waals surface area contributed by atoms with Crippen LogP contribution in [-0.4, -0.2) is 19.0 Å². The van der Waals surface area contributed by atoms with E-state index in [1.807, 2.05) is 36.4 Å². The van der Waals surface area contributed by atoms with Gasteiger partial charge in [-0.25, -0.2) is 0 Å². The second kappa shape index (κ2) is 6.15. The average molecular weight is 333 g/mol. The Kier molecular flexibility index (Phi) is 3.82. The number of rotatable bonds is 4. The van der Waals surface area contributed by atoms with Crippen molar-refractivity contribution in [1.29, 1.82) is 0 Å². The first-order chi connectivity index (χ1) is 12.3. The maximum absolute atomic E-state index is 13.2.